The second-order valence-corrected chi connectivity index (χ2v) is 6.40. The maximum atomic E-state index is 6.19. The average molecular weight is 299 g/mol. The molecule has 0 radical (unpaired) electrons. The third-order valence-corrected chi connectivity index (χ3v) is 4.74. The molecule has 2 aromatic rings. The number of fused-ring (bicyclic) bond motifs is 1. The predicted octanol–water partition coefficient (Wildman–Crippen LogP) is 5.49. The Kier molecular flexibility index (Phi) is 3.63. The summed E-state index contributed by atoms with van der Waals surface area (Å²) < 4.78 is 0. The zero-order chi connectivity index (χ0) is 15.6. The van der Waals surface area contributed by atoms with Crippen LogP contribution in [0, 0.1) is 0 Å². The van der Waals surface area contributed by atoms with E-state index in [4.69, 9.17) is 5.73 Å². The number of hydrogen-bond acceptors (Lipinski definition) is 1. The van der Waals surface area contributed by atoms with Gasteiger partial charge in [0.15, 0.2) is 0 Å². The van der Waals surface area contributed by atoms with Crippen molar-refractivity contribution in [3.8, 4) is 11.1 Å². The van der Waals surface area contributed by atoms with Gasteiger partial charge in [-0.05, 0) is 59.2 Å². The molecule has 0 spiro atoms. The first-order valence-corrected chi connectivity index (χ1v) is 8.33. The largest absolute Gasteiger partial charge is 0.399 e. The van der Waals surface area contributed by atoms with Gasteiger partial charge in [-0.25, -0.2) is 0 Å². The molecular weight excluding hydrogens is 278 g/mol. The number of nitrogens with two attached hydrogens (primary N) is 1. The van der Waals surface area contributed by atoms with E-state index in [-0.39, 0.29) is 0 Å². The van der Waals surface area contributed by atoms with Crippen LogP contribution >= 0.6 is 0 Å². The summed E-state index contributed by atoms with van der Waals surface area (Å²) >= 11 is 0. The molecule has 0 heterocycles. The van der Waals surface area contributed by atoms with E-state index in [9.17, 15) is 0 Å². The van der Waals surface area contributed by atoms with Gasteiger partial charge in [0.2, 0.25) is 0 Å². The summed E-state index contributed by atoms with van der Waals surface area (Å²) in [6, 6.07) is 13.3. The van der Waals surface area contributed by atoms with Crippen LogP contribution in [-0.2, 0) is 6.42 Å². The Hall–Kier alpha value is -2.54. The van der Waals surface area contributed by atoms with Crippen LogP contribution in [0.1, 0.15) is 35.4 Å². The van der Waals surface area contributed by atoms with E-state index < -0.39 is 0 Å². The number of hydrogen-bond donors (Lipinski definition) is 1. The minimum Gasteiger partial charge on any atom is -0.399 e. The highest BCUT2D eigenvalue weighted by molar-refractivity contribution is 5.72. The van der Waals surface area contributed by atoms with Crippen molar-refractivity contribution in [2.24, 2.45) is 0 Å². The van der Waals surface area contributed by atoms with Crippen molar-refractivity contribution in [1.29, 1.82) is 0 Å². The molecule has 0 saturated heterocycles. The van der Waals surface area contributed by atoms with Crippen molar-refractivity contribution in [2.75, 3.05) is 5.73 Å². The first-order valence-electron chi connectivity index (χ1n) is 8.33. The minimum absolute atomic E-state index is 0.433. The fourth-order valence-electron chi connectivity index (χ4n) is 3.50. The fraction of sp³-hybridized carbons (Fsp3) is 0.182. The summed E-state index contributed by atoms with van der Waals surface area (Å²) in [6.45, 7) is 0. The Morgan fingerprint density at radius 1 is 0.913 bits per heavy atom. The first kappa shape index (κ1) is 14.1. The number of rotatable bonds is 2. The number of nitrogen functional groups attached to an aromatic ring is 1. The molecule has 4 rings (SSSR count). The van der Waals surface area contributed by atoms with Crippen LogP contribution in [0.2, 0.25) is 0 Å². The number of aryl methyl sites for hydroxylation is 1. The van der Waals surface area contributed by atoms with Gasteiger partial charge in [-0.3, -0.25) is 0 Å². The third-order valence-electron chi connectivity index (χ3n) is 4.74. The SMILES string of the molecule is Nc1cc(-c2ccc3c(c2)CCC=C3)cc(C2C=CC=CC2)c1. The van der Waals surface area contributed by atoms with Gasteiger partial charge in [0.05, 0.1) is 0 Å². The third kappa shape index (κ3) is 2.87. The summed E-state index contributed by atoms with van der Waals surface area (Å²) in [4.78, 5) is 0. The summed E-state index contributed by atoms with van der Waals surface area (Å²) in [5.74, 6) is 0.433. The van der Waals surface area contributed by atoms with E-state index in [2.05, 4.69) is 72.9 Å². The van der Waals surface area contributed by atoms with Crippen molar-refractivity contribution in [3.63, 3.8) is 0 Å². The van der Waals surface area contributed by atoms with E-state index in [1.165, 1.54) is 27.8 Å². The molecule has 0 saturated carbocycles. The minimum atomic E-state index is 0.433. The van der Waals surface area contributed by atoms with Gasteiger partial charge in [-0.1, -0.05) is 60.7 Å². The monoisotopic (exact) mass is 299 g/mol. The van der Waals surface area contributed by atoms with Crippen LogP contribution in [0.5, 0.6) is 0 Å². The molecule has 2 aromatic carbocycles. The maximum Gasteiger partial charge on any atom is 0.0323 e. The van der Waals surface area contributed by atoms with E-state index in [1.54, 1.807) is 0 Å². The van der Waals surface area contributed by atoms with E-state index in [0.717, 1.165) is 24.9 Å². The molecule has 2 aliphatic carbocycles. The lowest BCUT2D eigenvalue weighted by Gasteiger charge is -2.17. The van der Waals surface area contributed by atoms with Gasteiger partial charge in [0, 0.05) is 11.6 Å². The molecule has 0 aliphatic heterocycles. The topological polar surface area (TPSA) is 26.0 Å². The van der Waals surface area contributed by atoms with Gasteiger partial charge in [-0.2, -0.15) is 0 Å². The first-order chi connectivity index (χ1) is 11.3. The predicted molar refractivity (Wildman–Crippen MR) is 99.3 cm³/mol. The second kappa shape index (κ2) is 5.92. The maximum absolute atomic E-state index is 6.19. The molecule has 0 bridgehead atoms. The van der Waals surface area contributed by atoms with Crippen LogP contribution in [0.15, 0.2) is 66.8 Å². The lowest BCUT2D eigenvalue weighted by atomic mass is 9.88. The van der Waals surface area contributed by atoms with Crippen molar-refractivity contribution >= 4 is 11.8 Å². The lowest BCUT2D eigenvalue weighted by Crippen LogP contribution is -1.99. The standard InChI is InChI=1S/C22H21N/c23-22-14-20(16-6-2-1-3-7-16)13-21(15-22)19-11-10-17-8-4-5-9-18(17)12-19/h1-4,6,8,10-16H,5,7,9,23H2. The summed E-state index contributed by atoms with van der Waals surface area (Å²) in [5, 5.41) is 0. The van der Waals surface area contributed by atoms with Gasteiger partial charge in [0.1, 0.15) is 0 Å². The summed E-state index contributed by atoms with van der Waals surface area (Å²) in [5.41, 5.74) is 13.6. The van der Waals surface area contributed by atoms with Crippen molar-refractivity contribution in [2.45, 2.75) is 25.2 Å². The molecule has 0 aromatic heterocycles. The zero-order valence-electron chi connectivity index (χ0n) is 13.2. The second-order valence-electron chi connectivity index (χ2n) is 6.40. The highest BCUT2D eigenvalue weighted by Crippen LogP contribution is 2.32. The van der Waals surface area contributed by atoms with E-state index in [1.807, 2.05) is 0 Å². The van der Waals surface area contributed by atoms with Gasteiger partial charge < -0.3 is 5.73 Å². The number of allylic oxidation sites excluding steroid dienone is 5. The van der Waals surface area contributed by atoms with Crippen LogP contribution in [0.3, 0.4) is 0 Å². The van der Waals surface area contributed by atoms with Crippen LogP contribution in [-0.4, -0.2) is 0 Å². The molecule has 1 unspecified atom stereocenters. The van der Waals surface area contributed by atoms with Gasteiger partial charge in [0.25, 0.3) is 0 Å². The Bertz CT molecular complexity index is 824. The van der Waals surface area contributed by atoms with Gasteiger partial charge >= 0.3 is 0 Å². The van der Waals surface area contributed by atoms with Crippen LogP contribution in [0.4, 0.5) is 5.69 Å². The highest BCUT2D eigenvalue weighted by atomic mass is 14.5. The van der Waals surface area contributed by atoms with Crippen molar-refractivity contribution < 1.29 is 0 Å². The van der Waals surface area contributed by atoms with Crippen LogP contribution < -0.4 is 5.73 Å². The molecule has 1 heteroatoms. The highest BCUT2D eigenvalue weighted by Gasteiger charge is 2.12. The molecule has 2 N–H and O–H groups in total. The smallest absolute Gasteiger partial charge is 0.0323 e. The summed E-state index contributed by atoms with van der Waals surface area (Å²) in [7, 11) is 0. The normalized spacial score (nSPS) is 18.9. The summed E-state index contributed by atoms with van der Waals surface area (Å²) in [6.07, 6.45) is 16.5. The number of anilines is 1. The number of benzene rings is 2. The quantitative estimate of drug-likeness (QED) is 0.728. The Balaban J connectivity index is 1.74. The van der Waals surface area contributed by atoms with E-state index in [0.29, 0.717) is 5.92 Å². The molecular formula is C22H21N. The van der Waals surface area contributed by atoms with Gasteiger partial charge in [-0.15, -0.1) is 0 Å². The zero-order valence-corrected chi connectivity index (χ0v) is 13.2. The molecule has 2 aliphatic rings. The average Bonchev–Trinajstić information content (AvgIpc) is 2.61. The Morgan fingerprint density at radius 3 is 2.74 bits per heavy atom. The van der Waals surface area contributed by atoms with Crippen molar-refractivity contribution in [1.82, 2.24) is 0 Å². The Morgan fingerprint density at radius 2 is 1.87 bits per heavy atom. The molecule has 1 nitrogen and oxygen atoms in total. The van der Waals surface area contributed by atoms with Crippen molar-refractivity contribution in [3.05, 3.63) is 83.5 Å². The Labute approximate surface area is 137 Å². The van der Waals surface area contributed by atoms with Crippen LogP contribution in [0.25, 0.3) is 17.2 Å². The van der Waals surface area contributed by atoms with E-state index >= 15 is 0 Å². The molecule has 114 valence electrons. The molecule has 0 amide bonds. The molecule has 1 atom stereocenters. The lowest BCUT2D eigenvalue weighted by molar-refractivity contribution is 0.854. The molecule has 0 fully saturated rings. The fourth-order valence-corrected chi connectivity index (χ4v) is 3.50. The molecule has 23 heavy (non-hydrogen) atoms.